The van der Waals surface area contributed by atoms with Crippen LogP contribution in [0.4, 0.5) is 18.3 Å². The molecule has 2 unspecified atom stereocenters. The summed E-state index contributed by atoms with van der Waals surface area (Å²) in [6.45, 7) is 3.11. The molecule has 3 fully saturated rings. The number of carbonyl (C=O) groups is 4. The number of quaternary nitrogens is 1. The molecule has 14 nitrogen and oxygen atoms in total. The molecule has 1 aromatic heterocycles. The molecule has 4 aliphatic heterocycles. The first-order chi connectivity index (χ1) is 36.7. The summed E-state index contributed by atoms with van der Waals surface area (Å²) in [5.74, 6) is -3.87. The monoisotopic (exact) mass is 1070 g/mol. The summed E-state index contributed by atoms with van der Waals surface area (Å²) < 4.78 is 44.8. The van der Waals surface area contributed by atoms with Crippen LogP contribution in [0.5, 0.6) is 0 Å². The van der Waals surface area contributed by atoms with Crippen LogP contribution in [-0.4, -0.2) is 112 Å². The molecule has 2 amide bonds. The van der Waals surface area contributed by atoms with Crippen molar-refractivity contribution in [2.75, 3.05) is 44.4 Å². The van der Waals surface area contributed by atoms with Gasteiger partial charge in [-0.1, -0.05) is 157 Å². The van der Waals surface area contributed by atoms with Crippen LogP contribution < -0.4 is 10.6 Å². The summed E-state index contributed by atoms with van der Waals surface area (Å²) in [5, 5.41) is 20.1. The third kappa shape index (κ3) is 12.0. The number of likely N-dealkylation sites (tertiary alicyclic amines) is 1. The molecule has 19 heteroatoms. The Morgan fingerprint density at radius 1 is 0.816 bits per heavy atom. The number of halogens is 3. The quantitative estimate of drug-likeness (QED) is 0.0211. The second-order valence-corrected chi connectivity index (χ2v) is 21.0. The Morgan fingerprint density at radius 2 is 1.34 bits per heavy atom. The maximum atomic E-state index is 14.8. The van der Waals surface area contributed by atoms with Crippen molar-refractivity contribution in [2.24, 2.45) is 5.16 Å². The number of likely N-dealkylation sites (N-methyl/N-ethyl adjacent to an activating group) is 1. The van der Waals surface area contributed by atoms with E-state index in [-0.39, 0.29) is 17.1 Å². The second kappa shape index (κ2) is 23.7. The standard InChI is InChI=1S/C55H54N6O6S2.C2HF3O2/c1-61(32-18-19-33-61)35-40-36-68-52-47(51(63)60(52)48(40)53(64)66-49(38-21-7-2-8-22-38)39-23-9-3-10-24-39)57-50(62)46(59-67-45-31-17-20-34-65-45)44-37-69-54(56-44)58-55(41-25-11-4-12-26-41,42-27-13-5-14-28-42)43-29-15-6-16-30-43;3-2(4,5)1(6)7/h2-16,21-30,37,45,47,49,52H,17-20,31-36H2,1H3,(H-,56,57,58,62);(H,6,7)/p+1/t45?,47?,52-;/m0./s1. The lowest BCUT2D eigenvalue weighted by Crippen LogP contribution is -2.71. The largest absolute Gasteiger partial charge is 0.490 e. The van der Waals surface area contributed by atoms with Gasteiger partial charge in [-0.2, -0.15) is 13.2 Å². The highest BCUT2D eigenvalue weighted by molar-refractivity contribution is 8.00. The normalized spacial score (nSPS) is 19.4. The molecule has 3 atom stereocenters. The zero-order valence-corrected chi connectivity index (χ0v) is 43.1. The predicted molar refractivity (Wildman–Crippen MR) is 283 cm³/mol. The van der Waals surface area contributed by atoms with Crippen molar-refractivity contribution in [2.45, 2.75) is 67.6 Å². The van der Waals surface area contributed by atoms with Crippen LogP contribution in [0.1, 0.15) is 71.7 Å². The Balaban J connectivity index is 0.000000943. The van der Waals surface area contributed by atoms with Gasteiger partial charge in [0.15, 0.2) is 16.9 Å². The van der Waals surface area contributed by atoms with Crippen molar-refractivity contribution in [3.05, 3.63) is 202 Å². The first kappa shape index (κ1) is 53.5. The van der Waals surface area contributed by atoms with E-state index in [9.17, 15) is 27.6 Å². The van der Waals surface area contributed by atoms with E-state index in [1.54, 1.807) is 5.38 Å². The molecule has 0 saturated carbocycles. The summed E-state index contributed by atoms with van der Waals surface area (Å²) in [6, 6.07) is 48.9. The third-order valence-corrected chi connectivity index (χ3v) is 15.8. The van der Waals surface area contributed by atoms with Gasteiger partial charge in [0.1, 0.15) is 34.9 Å². The van der Waals surface area contributed by atoms with Gasteiger partial charge in [0, 0.05) is 36.0 Å². The maximum absolute atomic E-state index is 14.8. The SMILES string of the molecule is C[N+]1(CC2=C(C(=O)OC(c3ccccc3)c3ccccc3)N3C(=O)C(NC(=O)C(=NOC4CCCCO4)c4csc(NC(c5ccccc5)(c5ccccc5)c5ccccc5)n4)[C@@H]3SC2)CCCC1.O=C(O)C(F)(F)F. The number of thiazole rings is 1. The number of β-lactam (4-membered cyclic amide) rings is 1. The number of ether oxygens (including phenoxy) is 2. The number of thioether (sulfide) groups is 1. The molecular weight excluding hydrogens is 1020 g/mol. The van der Waals surface area contributed by atoms with Gasteiger partial charge in [0.05, 0.1) is 26.7 Å². The van der Waals surface area contributed by atoms with Crippen molar-refractivity contribution in [1.29, 1.82) is 0 Å². The van der Waals surface area contributed by atoms with Crippen molar-refractivity contribution in [3.63, 3.8) is 0 Å². The van der Waals surface area contributed by atoms with Crippen LogP contribution in [0, 0.1) is 0 Å². The predicted octanol–water partition coefficient (Wildman–Crippen LogP) is 9.65. The molecule has 0 bridgehead atoms. The molecule has 4 aliphatic rings. The van der Waals surface area contributed by atoms with Gasteiger partial charge < -0.3 is 34.5 Å². The Kier molecular flexibility index (Phi) is 16.7. The van der Waals surface area contributed by atoms with Crippen molar-refractivity contribution in [3.8, 4) is 0 Å². The lowest BCUT2D eigenvalue weighted by atomic mass is 9.77. The highest BCUT2D eigenvalue weighted by Crippen LogP contribution is 2.44. The molecule has 0 radical (unpaired) electrons. The van der Waals surface area contributed by atoms with E-state index >= 15 is 0 Å². The zero-order chi connectivity index (χ0) is 53.3. The number of alkyl halides is 3. The van der Waals surface area contributed by atoms with Gasteiger partial charge in [0.2, 0.25) is 6.29 Å². The summed E-state index contributed by atoms with van der Waals surface area (Å²) in [7, 11) is 2.21. The van der Waals surface area contributed by atoms with Gasteiger partial charge in [-0.05, 0) is 40.7 Å². The average Bonchev–Trinajstić information content (AvgIpc) is 4.13. The Hall–Kier alpha value is -7.32. The fourth-order valence-electron chi connectivity index (χ4n) is 9.96. The number of esters is 1. The number of amides is 2. The number of hydrogen-bond acceptors (Lipinski definition) is 12. The fourth-order valence-corrected chi connectivity index (χ4v) is 12.0. The van der Waals surface area contributed by atoms with Crippen LogP contribution in [0.2, 0.25) is 0 Å². The second-order valence-electron chi connectivity index (χ2n) is 19.0. The van der Waals surface area contributed by atoms with Crippen molar-refractivity contribution in [1.82, 2.24) is 15.2 Å². The number of anilines is 1. The summed E-state index contributed by atoms with van der Waals surface area (Å²) in [5.41, 5.74) is 5.05. The highest BCUT2D eigenvalue weighted by atomic mass is 32.2. The molecule has 76 heavy (non-hydrogen) atoms. The number of fused-ring (bicyclic) bond motifs is 1. The van der Waals surface area contributed by atoms with Gasteiger partial charge in [-0.3, -0.25) is 14.5 Å². The van der Waals surface area contributed by atoms with E-state index in [4.69, 9.17) is 29.2 Å². The van der Waals surface area contributed by atoms with E-state index in [2.05, 4.69) is 59.2 Å². The summed E-state index contributed by atoms with van der Waals surface area (Å²) >= 11 is 2.87. The molecule has 10 rings (SSSR count). The zero-order valence-electron chi connectivity index (χ0n) is 41.4. The summed E-state index contributed by atoms with van der Waals surface area (Å²) in [4.78, 5) is 65.5. The van der Waals surface area contributed by atoms with Crippen LogP contribution >= 0.6 is 23.1 Å². The van der Waals surface area contributed by atoms with Gasteiger partial charge in [-0.15, -0.1) is 23.1 Å². The molecule has 3 saturated heterocycles. The first-order valence-corrected chi connectivity index (χ1v) is 26.8. The van der Waals surface area contributed by atoms with E-state index in [1.165, 1.54) is 28.0 Å². The van der Waals surface area contributed by atoms with Gasteiger partial charge in [0.25, 0.3) is 11.8 Å². The fraction of sp³-hybridized carbons (Fsp3) is 0.298. The molecule has 6 aromatic rings. The molecule has 5 aromatic carbocycles. The van der Waals surface area contributed by atoms with E-state index in [0.717, 1.165) is 76.6 Å². The van der Waals surface area contributed by atoms with Crippen LogP contribution in [0.15, 0.2) is 173 Å². The number of nitrogens with zero attached hydrogens (tertiary/aromatic N) is 4. The Morgan fingerprint density at radius 3 is 1.84 bits per heavy atom. The van der Waals surface area contributed by atoms with Crippen LogP contribution in [0.25, 0.3) is 0 Å². The highest BCUT2D eigenvalue weighted by Gasteiger charge is 2.56. The van der Waals surface area contributed by atoms with Gasteiger partial charge >= 0.3 is 18.1 Å². The molecule has 0 aliphatic carbocycles. The van der Waals surface area contributed by atoms with Gasteiger partial charge in [-0.25, -0.2) is 14.6 Å². The smallest absolute Gasteiger partial charge is 0.475 e. The average molecular weight is 1070 g/mol. The number of carboxylic acids is 1. The number of carbonyl (C=O) groups excluding carboxylic acids is 3. The number of hydrogen-bond donors (Lipinski definition) is 3. The van der Waals surface area contributed by atoms with Crippen molar-refractivity contribution >= 4 is 57.7 Å². The third-order valence-electron chi connectivity index (χ3n) is 13.7. The number of aliphatic carboxylic acids is 1. The Bertz CT molecular complexity index is 2890. The van der Waals surface area contributed by atoms with E-state index in [1.807, 2.05) is 115 Å². The Labute approximate surface area is 446 Å². The lowest BCUT2D eigenvalue weighted by Gasteiger charge is -2.50. The van der Waals surface area contributed by atoms with E-state index in [0.29, 0.717) is 30.5 Å². The van der Waals surface area contributed by atoms with Crippen LogP contribution in [0.3, 0.4) is 0 Å². The number of benzene rings is 5. The van der Waals surface area contributed by atoms with E-state index < -0.39 is 59.3 Å². The number of aromatic nitrogens is 1. The molecule has 5 heterocycles. The minimum Gasteiger partial charge on any atom is -0.475 e. The maximum Gasteiger partial charge on any atom is 0.490 e. The molecule has 0 spiro atoms. The lowest BCUT2D eigenvalue weighted by molar-refractivity contribution is -0.893. The first-order valence-electron chi connectivity index (χ1n) is 24.9. The number of rotatable bonds is 16. The number of nitrogens with one attached hydrogen (secondary N) is 2. The minimum absolute atomic E-state index is 0.0962. The molecule has 3 N–H and O–H groups in total. The number of carboxylic acid groups (broad SMARTS) is 1. The van der Waals surface area contributed by atoms with Crippen molar-refractivity contribution < 1.29 is 56.3 Å². The summed E-state index contributed by atoms with van der Waals surface area (Å²) in [6.07, 6.45) is -1.79. The molecular formula is C57H56F3N6O8S2+. The topological polar surface area (TPSA) is 169 Å². The molecule has 394 valence electrons. The minimum atomic E-state index is -5.08. The number of oxime groups is 1. The van der Waals surface area contributed by atoms with Crippen LogP contribution in [-0.2, 0) is 39.0 Å².